The van der Waals surface area contributed by atoms with Gasteiger partial charge in [-0.2, -0.15) is 0 Å². The molecule has 1 unspecified atom stereocenters. The molecule has 0 bridgehead atoms. The highest BCUT2D eigenvalue weighted by atomic mass is 35.5. The molecule has 0 saturated carbocycles. The van der Waals surface area contributed by atoms with Crippen LogP contribution in [-0.2, 0) is 6.42 Å². The Morgan fingerprint density at radius 3 is 2.92 bits per heavy atom. The van der Waals surface area contributed by atoms with Gasteiger partial charge in [0.05, 0.1) is 15.9 Å². The lowest BCUT2D eigenvalue weighted by Crippen LogP contribution is -2.31. The summed E-state index contributed by atoms with van der Waals surface area (Å²) >= 11 is 7.51. The summed E-state index contributed by atoms with van der Waals surface area (Å²) in [5.41, 5.74) is 4.15. The van der Waals surface area contributed by atoms with Crippen LogP contribution in [0.4, 0.5) is 0 Å². The van der Waals surface area contributed by atoms with Crippen molar-refractivity contribution < 1.29 is 4.79 Å². The molecule has 3 nitrogen and oxygen atoms in total. The van der Waals surface area contributed by atoms with E-state index in [4.69, 9.17) is 11.6 Å². The molecule has 0 aliphatic heterocycles. The van der Waals surface area contributed by atoms with Crippen LogP contribution >= 0.6 is 22.9 Å². The summed E-state index contributed by atoms with van der Waals surface area (Å²) < 4.78 is 0.721. The Morgan fingerprint density at radius 2 is 2.08 bits per heavy atom. The van der Waals surface area contributed by atoms with Crippen LogP contribution in [0.2, 0.25) is 4.34 Å². The number of benzene rings is 1. The SMILES string of the molecule is O=C(NC1CCCc2ccccc21)c1c[nH]cc1-c1ccc(Cl)s1. The minimum absolute atomic E-state index is 0.0440. The second kappa shape index (κ2) is 6.46. The van der Waals surface area contributed by atoms with Crippen molar-refractivity contribution in [1.82, 2.24) is 10.3 Å². The molecule has 1 aromatic carbocycles. The highest BCUT2D eigenvalue weighted by Crippen LogP contribution is 2.34. The van der Waals surface area contributed by atoms with Gasteiger partial charge in [0.15, 0.2) is 0 Å². The fraction of sp³-hybridized carbons (Fsp3) is 0.211. The van der Waals surface area contributed by atoms with Gasteiger partial charge >= 0.3 is 0 Å². The average molecular weight is 357 g/mol. The Morgan fingerprint density at radius 1 is 1.21 bits per heavy atom. The number of fused-ring (bicyclic) bond motifs is 1. The zero-order chi connectivity index (χ0) is 16.5. The van der Waals surface area contributed by atoms with Gasteiger partial charge in [0.1, 0.15) is 0 Å². The Balaban J connectivity index is 1.59. The average Bonchev–Trinajstić information content (AvgIpc) is 3.24. The first-order valence-electron chi connectivity index (χ1n) is 8.03. The zero-order valence-corrected chi connectivity index (χ0v) is 14.6. The summed E-state index contributed by atoms with van der Waals surface area (Å²) in [5, 5.41) is 3.21. The predicted octanol–water partition coefficient (Wildman–Crippen LogP) is 5.20. The second-order valence-corrected chi connectivity index (χ2v) is 7.72. The van der Waals surface area contributed by atoms with Gasteiger partial charge in [0, 0.05) is 22.8 Å². The first-order chi connectivity index (χ1) is 11.7. The number of thiophene rings is 1. The van der Waals surface area contributed by atoms with Gasteiger partial charge in [-0.15, -0.1) is 11.3 Å². The monoisotopic (exact) mass is 356 g/mol. The highest BCUT2D eigenvalue weighted by molar-refractivity contribution is 7.19. The van der Waals surface area contributed by atoms with Gasteiger partial charge in [0.2, 0.25) is 0 Å². The van der Waals surface area contributed by atoms with E-state index in [0.29, 0.717) is 5.56 Å². The van der Waals surface area contributed by atoms with E-state index in [0.717, 1.165) is 34.0 Å². The maximum Gasteiger partial charge on any atom is 0.253 e. The molecule has 4 rings (SSSR count). The Hall–Kier alpha value is -2.04. The number of carbonyl (C=O) groups excluding carboxylic acids is 1. The molecule has 122 valence electrons. The molecule has 1 aliphatic rings. The molecule has 2 N–H and O–H groups in total. The second-order valence-electron chi connectivity index (χ2n) is 6.00. The number of rotatable bonds is 3. The molecule has 0 radical (unpaired) electrons. The van der Waals surface area contributed by atoms with Gasteiger partial charge in [-0.1, -0.05) is 35.9 Å². The van der Waals surface area contributed by atoms with Crippen molar-refractivity contribution in [1.29, 1.82) is 0 Å². The van der Waals surface area contributed by atoms with Crippen molar-refractivity contribution in [3.8, 4) is 10.4 Å². The van der Waals surface area contributed by atoms with Crippen molar-refractivity contribution in [2.24, 2.45) is 0 Å². The minimum Gasteiger partial charge on any atom is -0.366 e. The quantitative estimate of drug-likeness (QED) is 0.665. The summed E-state index contributed by atoms with van der Waals surface area (Å²) in [5.74, 6) is -0.0440. The van der Waals surface area contributed by atoms with Crippen molar-refractivity contribution in [2.75, 3.05) is 0 Å². The van der Waals surface area contributed by atoms with Gasteiger partial charge < -0.3 is 10.3 Å². The number of nitrogens with one attached hydrogen (secondary N) is 2. The fourth-order valence-electron chi connectivity index (χ4n) is 3.35. The molecular weight excluding hydrogens is 340 g/mol. The van der Waals surface area contributed by atoms with Gasteiger partial charge in [0.25, 0.3) is 5.91 Å². The number of aromatic amines is 1. The Kier molecular flexibility index (Phi) is 4.17. The van der Waals surface area contributed by atoms with Gasteiger partial charge in [-0.25, -0.2) is 0 Å². The molecule has 3 aromatic rings. The van der Waals surface area contributed by atoms with Crippen LogP contribution in [0.3, 0.4) is 0 Å². The van der Waals surface area contributed by atoms with Crippen LogP contribution in [0.25, 0.3) is 10.4 Å². The molecule has 24 heavy (non-hydrogen) atoms. The van der Waals surface area contributed by atoms with Crippen molar-refractivity contribution in [3.05, 3.63) is 69.8 Å². The maximum absolute atomic E-state index is 12.8. The largest absolute Gasteiger partial charge is 0.366 e. The molecule has 1 amide bonds. The third kappa shape index (κ3) is 2.87. The molecule has 0 spiro atoms. The van der Waals surface area contributed by atoms with E-state index >= 15 is 0 Å². The van der Waals surface area contributed by atoms with Crippen LogP contribution in [0.5, 0.6) is 0 Å². The van der Waals surface area contributed by atoms with E-state index in [2.05, 4.69) is 28.5 Å². The third-order valence-corrected chi connectivity index (χ3v) is 5.77. The molecule has 1 aliphatic carbocycles. The lowest BCUT2D eigenvalue weighted by atomic mass is 9.87. The Labute approximate surface area is 149 Å². The highest BCUT2D eigenvalue weighted by Gasteiger charge is 2.23. The smallest absolute Gasteiger partial charge is 0.253 e. The topological polar surface area (TPSA) is 44.9 Å². The first kappa shape index (κ1) is 15.5. The summed E-state index contributed by atoms with van der Waals surface area (Å²) in [6, 6.07) is 12.3. The van der Waals surface area contributed by atoms with E-state index < -0.39 is 0 Å². The number of hydrogen-bond donors (Lipinski definition) is 2. The van der Waals surface area contributed by atoms with E-state index in [1.54, 1.807) is 6.20 Å². The summed E-state index contributed by atoms with van der Waals surface area (Å²) in [4.78, 5) is 16.9. The number of H-pyrrole nitrogens is 1. The summed E-state index contributed by atoms with van der Waals surface area (Å²) in [6.45, 7) is 0. The first-order valence-corrected chi connectivity index (χ1v) is 9.23. The number of aryl methyl sites for hydroxylation is 1. The molecular formula is C19H17ClN2OS. The molecule has 0 saturated heterocycles. The molecule has 2 heterocycles. The Bertz CT molecular complexity index is 883. The molecule has 1 atom stereocenters. The van der Waals surface area contributed by atoms with E-state index in [1.165, 1.54) is 22.5 Å². The van der Waals surface area contributed by atoms with Crippen molar-refractivity contribution in [3.63, 3.8) is 0 Å². The van der Waals surface area contributed by atoms with Crippen LogP contribution in [-0.4, -0.2) is 10.9 Å². The summed E-state index contributed by atoms with van der Waals surface area (Å²) in [7, 11) is 0. The lowest BCUT2D eigenvalue weighted by molar-refractivity contribution is 0.0933. The van der Waals surface area contributed by atoms with Crippen LogP contribution in [0, 0.1) is 0 Å². The number of aromatic nitrogens is 1. The van der Waals surface area contributed by atoms with Crippen molar-refractivity contribution >= 4 is 28.8 Å². The predicted molar refractivity (Wildman–Crippen MR) is 98.7 cm³/mol. The number of halogens is 1. The number of amides is 1. The van der Waals surface area contributed by atoms with Gasteiger partial charge in [-0.3, -0.25) is 4.79 Å². The zero-order valence-electron chi connectivity index (χ0n) is 13.0. The molecule has 0 fully saturated rings. The third-order valence-electron chi connectivity index (χ3n) is 4.50. The van der Waals surface area contributed by atoms with Crippen LogP contribution in [0.1, 0.15) is 40.4 Å². The number of hydrogen-bond acceptors (Lipinski definition) is 2. The lowest BCUT2D eigenvalue weighted by Gasteiger charge is -2.26. The minimum atomic E-state index is -0.0440. The van der Waals surface area contributed by atoms with Gasteiger partial charge in [-0.05, 0) is 42.5 Å². The van der Waals surface area contributed by atoms with Crippen LogP contribution < -0.4 is 5.32 Å². The normalized spacial score (nSPS) is 16.6. The van der Waals surface area contributed by atoms with Crippen molar-refractivity contribution in [2.45, 2.75) is 25.3 Å². The standard InChI is InChI=1S/C19H17ClN2OS/c20-18-9-8-17(24-18)14-10-21-11-15(14)19(23)22-16-7-3-5-12-4-1-2-6-13(12)16/h1-2,4,6,8-11,16,21H,3,5,7H2,(H,22,23). The fourth-order valence-corrected chi connectivity index (χ4v) is 4.43. The van der Waals surface area contributed by atoms with E-state index in [9.17, 15) is 4.79 Å². The summed E-state index contributed by atoms with van der Waals surface area (Å²) in [6.07, 6.45) is 6.78. The number of carbonyl (C=O) groups is 1. The molecule has 5 heteroatoms. The molecule has 2 aromatic heterocycles. The van der Waals surface area contributed by atoms with Crippen LogP contribution in [0.15, 0.2) is 48.8 Å². The van der Waals surface area contributed by atoms with E-state index in [1.807, 2.05) is 24.4 Å². The maximum atomic E-state index is 12.8. The van der Waals surface area contributed by atoms with E-state index in [-0.39, 0.29) is 11.9 Å².